The maximum Gasteiger partial charge on any atom is 0.154 e. The van der Waals surface area contributed by atoms with Crippen LogP contribution in [0.5, 0.6) is 0 Å². The molecule has 1 N–H and O–H groups in total. The zero-order chi connectivity index (χ0) is 16.4. The molecule has 1 aromatic rings. The summed E-state index contributed by atoms with van der Waals surface area (Å²) >= 11 is 0. The van der Waals surface area contributed by atoms with E-state index in [9.17, 15) is 8.42 Å². The molecule has 0 amide bonds. The van der Waals surface area contributed by atoms with E-state index in [0.29, 0.717) is 0 Å². The van der Waals surface area contributed by atoms with Gasteiger partial charge in [0.15, 0.2) is 9.84 Å². The fourth-order valence-electron chi connectivity index (χ4n) is 2.53. The minimum absolute atomic E-state index is 0.202. The zero-order valence-electron chi connectivity index (χ0n) is 14.4. The number of sulfone groups is 1. The third-order valence-corrected chi connectivity index (χ3v) is 6.59. The molecule has 0 aliphatic carbocycles. The van der Waals surface area contributed by atoms with Gasteiger partial charge in [-0.3, -0.25) is 0 Å². The van der Waals surface area contributed by atoms with E-state index in [4.69, 9.17) is 0 Å². The largest absolute Gasteiger partial charge is 0.309 e. The van der Waals surface area contributed by atoms with Crippen LogP contribution in [0.4, 0.5) is 0 Å². The van der Waals surface area contributed by atoms with Crippen molar-refractivity contribution >= 4 is 9.84 Å². The first-order chi connectivity index (χ1) is 9.52. The Morgan fingerprint density at radius 1 is 1.10 bits per heavy atom. The van der Waals surface area contributed by atoms with Gasteiger partial charge < -0.3 is 5.32 Å². The molecule has 0 aliphatic heterocycles. The summed E-state index contributed by atoms with van der Waals surface area (Å²) in [5.41, 5.74) is 4.66. The monoisotopic (exact) mass is 311 g/mol. The Kier molecular flexibility index (Phi) is 5.62. The van der Waals surface area contributed by atoms with Gasteiger partial charge in [0.25, 0.3) is 0 Å². The summed E-state index contributed by atoms with van der Waals surface area (Å²) in [5.74, 6) is 0. The van der Waals surface area contributed by atoms with E-state index in [1.54, 1.807) is 0 Å². The highest BCUT2D eigenvalue weighted by molar-refractivity contribution is 7.92. The summed E-state index contributed by atoms with van der Waals surface area (Å²) in [6, 6.07) is 4.07. The van der Waals surface area contributed by atoms with E-state index >= 15 is 0 Å². The van der Waals surface area contributed by atoms with E-state index in [1.807, 2.05) is 13.8 Å². The second-order valence-corrected chi connectivity index (χ2v) is 9.15. The van der Waals surface area contributed by atoms with Gasteiger partial charge in [-0.2, -0.15) is 0 Å². The molecule has 0 fully saturated rings. The van der Waals surface area contributed by atoms with Gasteiger partial charge in [-0.25, -0.2) is 8.42 Å². The zero-order valence-corrected chi connectivity index (χ0v) is 15.2. The first kappa shape index (κ1) is 18.2. The Hall–Kier alpha value is -0.870. The van der Waals surface area contributed by atoms with Crippen molar-refractivity contribution in [2.45, 2.75) is 58.8 Å². The molecule has 21 heavy (non-hydrogen) atoms. The molecule has 1 unspecified atom stereocenters. The first-order valence-electron chi connectivity index (χ1n) is 7.53. The van der Waals surface area contributed by atoms with Crippen LogP contribution in [-0.2, 0) is 9.84 Å². The van der Waals surface area contributed by atoms with Crippen LogP contribution < -0.4 is 5.32 Å². The summed E-state index contributed by atoms with van der Waals surface area (Å²) in [6.45, 7) is 12.7. The minimum atomic E-state index is -3.18. The molecule has 0 saturated carbocycles. The maximum atomic E-state index is 12.3. The molecule has 0 aliphatic rings. The predicted octanol–water partition coefficient (Wildman–Crippen LogP) is 3.48. The number of benzene rings is 1. The second kappa shape index (κ2) is 6.49. The molecule has 4 heteroatoms. The molecule has 3 nitrogen and oxygen atoms in total. The summed E-state index contributed by atoms with van der Waals surface area (Å²) in [4.78, 5) is 0. The van der Waals surface area contributed by atoms with E-state index in [-0.39, 0.29) is 6.04 Å². The topological polar surface area (TPSA) is 46.2 Å². The van der Waals surface area contributed by atoms with Crippen molar-refractivity contribution in [3.8, 4) is 0 Å². The number of aryl methyl sites for hydroxylation is 3. The van der Waals surface area contributed by atoms with Crippen LogP contribution in [0.2, 0.25) is 0 Å². The quantitative estimate of drug-likeness (QED) is 0.875. The fraction of sp³-hybridized carbons (Fsp3) is 0.647. The van der Waals surface area contributed by atoms with Crippen LogP contribution in [0.1, 0.15) is 55.5 Å². The Morgan fingerprint density at radius 2 is 1.62 bits per heavy atom. The van der Waals surface area contributed by atoms with Gasteiger partial charge in [0.1, 0.15) is 0 Å². The average Bonchev–Trinajstić information content (AvgIpc) is 2.34. The lowest BCUT2D eigenvalue weighted by molar-refractivity contribution is 0.418. The molecule has 0 bridgehead atoms. The Bertz CT molecular complexity index is 603. The Morgan fingerprint density at radius 3 is 2.10 bits per heavy atom. The second-order valence-electron chi connectivity index (χ2n) is 6.56. The molecule has 0 heterocycles. The number of hydrogen-bond acceptors (Lipinski definition) is 3. The molecule has 0 spiro atoms. The van der Waals surface area contributed by atoms with Crippen molar-refractivity contribution in [2.75, 3.05) is 12.8 Å². The van der Waals surface area contributed by atoms with E-state index in [1.165, 1.54) is 17.4 Å². The van der Waals surface area contributed by atoms with Gasteiger partial charge in [-0.1, -0.05) is 19.1 Å². The smallest absolute Gasteiger partial charge is 0.154 e. The number of rotatable bonds is 6. The van der Waals surface area contributed by atoms with E-state index in [0.717, 1.165) is 24.1 Å². The van der Waals surface area contributed by atoms with Gasteiger partial charge >= 0.3 is 0 Å². The van der Waals surface area contributed by atoms with Crippen molar-refractivity contribution in [3.63, 3.8) is 0 Å². The van der Waals surface area contributed by atoms with Gasteiger partial charge in [0.2, 0.25) is 0 Å². The van der Waals surface area contributed by atoms with Crippen LogP contribution >= 0.6 is 0 Å². The third-order valence-electron chi connectivity index (χ3n) is 4.44. The lowest BCUT2D eigenvalue weighted by Gasteiger charge is -2.35. The van der Waals surface area contributed by atoms with Gasteiger partial charge in [0.05, 0.1) is 10.8 Å². The normalized spacial score (nSPS) is 14.2. The molecular weight excluding hydrogens is 282 g/mol. The molecular formula is C17H29NO2S. The molecule has 0 saturated heterocycles. The Balaban J connectivity index is 3.43. The van der Waals surface area contributed by atoms with Gasteiger partial charge in [-0.05, 0) is 69.8 Å². The first-order valence-corrected chi connectivity index (χ1v) is 9.42. The van der Waals surface area contributed by atoms with Crippen molar-refractivity contribution in [1.82, 2.24) is 5.32 Å². The summed E-state index contributed by atoms with van der Waals surface area (Å²) in [5, 5.41) is 3.44. The van der Waals surface area contributed by atoms with Crippen LogP contribution in [0.15, 0.2) is 12.1 Å². The van der Waals surface area contributed by atoms with Crippen LogP contribution in [0.25, 0.3) is 0 Å². The van der Waals surface area contributed by atoms with Crippen LogP contribution in [0, 0.1) is 20.8 Å². The predicted molar refractivity (Wildman–Crippen MR) is 90.6 cm³/mol. The number of hydrogen-bond donors (Lipinski definition) is 1. The van der Waals surface area contributed by atoms with Gasteiger partial charge in [0, 0.05) is 6.26 Å². The van der Waals surface area contributed by atoms with Crippen molar-refractivity contribution in [1.29, 1.82) is 0 Å². The Labute approximate surface area is 130 Å². The average molecular weight is 311 g/mol. The van der Waals surface area contributed by atoms with E-state index in [2.05, 4.69) is 45.1 Å². The van der Waals surface area contributed by atoms with Gasteiger partial charge in [-0.15, -0.1) is 0 Å². The molecule has 0 radical (unpaired) electrons. The van der Waals surface area contributed by atoms with E-state index < -0.39 is 14.6 Å². The molecule has 1 atom stereocenters. The summed E-state index contributed by atoms with van der Waals surface area (Å²) in [7, 11) is -3.18. The molecule has 0 aromatic heterocycles. The molecule has 120 valence electrons. The van der Waals surface area contributed by atoms with Crippen molar-refractivity contribution < 1.29 is 8.42 Å². The molecule has 1 rings (SSSR count). The van der Waals surface area contributed by atoms with Crippen molar-refractivity contribution in [3.05, 3.63) is 34.4 Å². The third kappa shape index (κ3) is 3.86. The highest BCUT2D eigenvalue weighted by atomic mass is 32.2. The SMILES string of the molecule is CCCNC(c1cc(C)c(C)cc1C)C(C)(C)S(C)(=O)=O. The lowest BCUT2D eigenvalue weighted by atomic mass is 9.89. The standard InChI is InChI=1S/C17H29NO2S/c1-8-9-18-16(17(5,6)21(7,19)20)15-11-13(3)12(2)10-14(15)4/h10-11,16,18H,8-9H2,1-7H3. The number of nitrogens with one attached hydrogen (secondary N) is 1. The fourth-order valence-corrected chi connectivity index (χ4v) is 3.17. The summed E-state index contributed by atoms with van der Waals surface area (Å²) in [6.07, 6.45) is 2.30. The van der Waals surface area contributed by atoms with Crippen LogP contribution in [0.3, 0.4) is 0 Å². The maximum absolute atomic E-state index is 12.3. The summed E-state index contributed by atoms with van der Waals surface area (Å²) < 4.78 is 23.7. The van der Waals surface area contributed by atoms with Crippen LogP contribution in [-0.4, -0.2) is 26.0 Å². The lowest BCUT2D eigenvalue weighted by Crippen LogP contribution is -2.45. The van der Waals surface area contributed by atoms with Crippen molar-refractivity contribution in [2.24, 2.45) is 0 Å². The molecule has 1 aromatic carbocycles. The highest BCUT2D eigenvalue weighted by Gasteiger charge is 2.40. The minimum Gasteiger partial charge on any atom is -0.309 e. The highest BCUT2D eigenvalue weighted by Crippen LogP contribution is 2.35.